The molecule has 3 aromatic carbocycles. The minimum atomic E-state index is -0.529. The Hall–Kier alpha value is -3.68. The number of rotatable bonds is 7. The van der Waals surface area contributed by atoms with E-state index < -0.39 is 6.09 Å². The van der Waals surface area contributed by atoms with Gasteiger partial charge in [-0.2, -0.15) is 4.37 Å². The summed E-state index contributed by atoms with van der Waals surface area (Å²) in [6.45, 7) is 9.70. The van der Waals surface area contributed by atoms with Crippen molar-refractivity contribution in [3.05, 3.63) is 94.1 Å². The smallest absolute Gasteiger partial charge is 0.412 e. The molecule has 0 aliphatic heterocycles. The number of nitrogens with one attached hydrogen (secondary N) is 1. The Bertz CT molecular complexity index is 1430. The van der Waals surface area contributed by atoms with Gasteiger partial charge in [-0.05, 0) is 71.8 Å². The third kappa shape index (κ3) is 7.46. The molecule has 0 aliphatic carbocycles. The van der Waals surface area contributed by atoms with Crippen LogP contribution in [0.5, 0.6) is 0 Å². The average Bonchev–Trinajstić information content (AvgIpc) is 3.30. The zero-order valence-corrected chi connectivity index (χ0v) is 24.6. The minimum Gasteiger partial charge on any atom is -0.469 e. The van der Waals surface area contributed by atoms with Crippen molar-refractivity contribution >= 4 is 40.9 Å². The number of aromatic nitrogens is 1. The molecule has 4 aromatic rings. The summed E-state index contributed by atoms with van der Waals surface area (Å²) in [5.41, 5.74) is 6.92. The van der Waals surface area contributed by atoms with E-state index in [1.807, 2.05) is 101 Å². The number of anilines is 1. The number of hydrogen-bond acceptors (Lipinski definition) is 6. The predicted molar refractivity (Wildman–Crippen MR) is 159 cm³/mol. The van der Waals surface area contributed by atoms with Gasteiger partial charge in [-0.15, -0.1) is 0 Å². The number of halogens is 1. The van der Waals surface area contributed by atoms with Crippen molar-refractivity contribution in [2.45, 2.75) is 47.1 Å². The molecule has 0 fully saturated rings. The van der Waals surface area contributed by atoms with Gasteiger partial charge in [-0.3, -0.25) is 10.1 Å². The maximum Gasteiger partial charge on any atom is 0.412 e. The fraction of sp³-hybridized carbons (Fsp3) is 0.258. The quantitative estimate of drug-likeness (QED) is 0.227. The van der Waals surface area contributed by atoms with Gasteiger partial charge in [-0.1, -0.05) is 86.1 Å². The van der Waals surface area contributed by atoms with Crippen molar-refractivity contribution in [1.29, 1.82) is 0 Å². The molecule has 0 saturated heterocycles. The largest absolute Gasteiger partial charge is 0.469 e. The van der Waals surface area contributed by atoms with E-state index in [0.29, 0.717) is 16.3 Å². The molecule has 4 rings (SSSR count). The van der Waals surface area contributed by atoms with E-state index in [1.54, 1.807) is 0 Å². The summed E-state index contributed by atoms with van der Waals surface area (Å²) in [5.74, 6) is -0.336. The Labute approximate surface area is 239 Å². The van der Waals surface area contributed by atoms with Gasteiger partial charge in [0.2, 0.25) is 0 Å². The summed E-state index contributed by atoms with van der Waals surface area (Å²) < 4.78 is 14.8. The van der Waals surface area contributed by atoms with Gasteiger partial charge in [0.15, 0.2) is 0 Å². The van der Waals surface area contributed by atoms with Crippen molar-refractivity contribution in [2.75, 3.05) is 12.4 Å². The Morgan fingerprint density at radius 2 is 1.62 bits per heavy atom. The second-order valence-electron chi connectivity index (χ2n) is 8.64. The van der Waals surface area contributed by atoms with Crippen molar-refractivity contribution < 1.29 is 19.1 Å². The molecule has 0 bridgehead atoms. The first-order valence-electron chi connectivity index (χ1n) is 12.7. The third-order valence-corrected chi connectivity index (χ3v) is 7.44. The summed E-state index contributed by atoms with van der Waals surface area (Å²) in [5, 5.41) is 3.40. The number of amides is 1. The standard InChI is InChI=1S/C29H27ClN2O4S.C2H6/c1-17-7-5-6-8-24(17)19(3)36-29(34)31-27-18(2)32-37-28(27)21-11-9-20(10-12-21)22-13-14-23(25(30)15-22)16-26(33)35-4;1-2/h5-15,19H,16H2,1-4H3,(H,31,34);1-2H3/t19-;/m1./s1. The summed E-state index contributed by atoms with van der Waals surface area (Å²) in [7, 11) is 1.35. The van der Waals surface area contributed by atoms with E-state index in [2.05, 4.69) is 9.69 Å². The molecule has 0 unspecified atom stereocenters. The lowest BCUT2D eigenvalue weighted by Crippen LogP contribution is -2.17. The van der Waals surface area contributed by atoms with Crippen LogP contribution < -0.4 is 5.32 Å². The number of nitrogens with zero attached hydrogens (tertiary/aromatic N) is 1. The van der Waals surface area contributed by atoms with E-state index >= 15 is 0 Å². The maximum atomic E-state index is 12.7. The number of carbonyl (C=O) groups excluding carboxylic acids is 2. The van der Waals surface area contributed by atoms with Gasteiger partial charge in [0.05, 0.1) is 29.8 Å². The first kappa shape index (κ1) is 29.9. The number of esters is 1. The molecular weight excluding hydrogens is 532 g/mol. The second kappa shape index (κ2) is 13.9. The molecule has 1 amide bonds. The van der Waals surface area contributed by atoms with Crippen LogP contribution in [0.3, 0.4) is 0 Å². The lowest BCUT2D eigenvalue weighted by atomic mass is 10.0. The molecule has 39 heavy (non-hydrogen) atoms. The van der Waals surface area contributed by atoms with E-state index in [9.17, 15) is 9.59 Å². The lowest BCUT2D eigenvalue weighted by Gasteiger charge is -2.16. The molecule has 0 radical (unpaired) electrons. The fourth-order valence-electron chi connectivity index (χ4n) is 4.02. The van der Waals surface area contributed by atoms with Crippen LogP contribution in [0.2, 0.25) is 5.02 Å². The first-order chi connectivity index (χ1) is 18.8. The molecule has 204 valence electrons. The lowest BCUT2D eigenvalue weighted by molar-refractivity contribution is -0.139. The maximum absolute atomic E-state index is 12.7. The highest BCUT2D eigenvalue weighted by Crippen LogP contribution is 2.36. The van der Waals surface area contributed by atoms with E-state index in [1.165, 1.54) is 18.6 Å². The molecule has 0 spiro atoms. The summed E-state index contributed by atoms with van der Waals surface area (Å²) in [6, 6.07) is 21.4. The van der Waals surface area contributed by atoms with E-state index in [-0.39, 0.29) is 18.5 Å². The van der Waals surface area contributed by atoms with E-state index in [0.717, 1.165) is 38.4 Å². The summed E-state index contributed by atoms with van der Waals surface area (Å²) in [6.07, 6.45) is -0.790. The summed E-state index contributed by atoms with van der Waals surface area (Å²) >= 11 is 7.71. The monoisotopic (exact) mass is 564 g/mol. The Kier molecular flexibility index (Phi) is 10.7. The SMILES string of the molecule is CC.COC(=O)Cc1ccc(-c2ccc(-c3snc(C)c3NC(=O)O[C@H](C)c3ccccc3C)cc2)cc1Cl. The highest BCUT2D eigenvalue weighted by molar-refractivity contribution is 7.10. The highest BCUT2D eigenvalue weighted by Gasteiger charge is 2.19. The molecule has 1 atom stereocenters. The average molecular weight is 565 g/mol. The van der Waals surface area contributed by atoms with Crippen LogP contribution >= 0.6 is 23.1 Å². The molecule has 0 saturated carbocycles. The predicted octanol–water partition coefficient (Wildman–Crippen LogP) is 8.80. The van der Waals surface area contributed by atoms with Crippen molar-refractivity contribution in [3.63, 3.8) is 0 Å². The molecule has 1 N–H and O–H groups in total. The third-order valence-electron chi connectivity index (χ3n) is 6.10. The van der Waals surface area contributed by atoms with Gasteiger partial charge in [0.25, 0.3) is 0 Å². The van der Waals surface area contributed by atoms with Crippen LogP contribution in [0.25, 0.3) is 21.6 Å². The molecule has 6 nitrogen and oxygen atoms in total. The molecule has 0 aliphatic rings. The Morgan fingerprint density at radius 3 is 2.26 bits per heavy atom. The second-order valence-corrected chi connectivity index (χ2v) is 9.82. The van der Waals surface area contributed by atoms with Crippen LogP contribution in [0.15, 0.2) is 66.7 Å². The molecule has 8 heteroatoms. The van der Waals surface area contributed by atoms with Gasteiger partial charge in [0, 0.05) is 5.02 Å². The first-order valence-corrected chi connectivity index (χ1v) is 13.9. The number of benzene rings is 3. The number of aryl methyl sites for hydroxylation is 2. The van der Waals surface area contributed by atoms with Gasteiger partial charge in [0.1, 0.15) is 6.10 Å². The normalized spacial score (nSPS) is 11.2. The van der Waals surface area contributed by atoms with Crippen molar-refractivity contribution in [3.8, 4) is 21.6 Å². The van der Waals surface area contributed by atoms with Gasteiger partial charge >= 0.3 is 12.1 Å². The zero-order chi connectivity index (χ0) is 28.5. The van der Waals surface area contributed by atoms with Gasteiger partial charge in [-0.25, -0.2) is 4.79 Å². The topological polar surface area (TPSA) is 77.5 Å². The van der Waals surface area contributed by atoms with E-state index in [4.69, 9.17) is 21.1 Å². The van der Waals surface area contributed by atoms with Gasteiger partial charge < -0.3 is 9.47 Å². The van der Waals surface area contributed by atoms with Crippen LogP contribution in [0.1, 0.15) is 49.3 Å². The minimum absolute atomic E-state index is 0.126. The Balaban J connectivity index is 0.00000205. The highest BCUT2D eigenvalue weighted by atomic mass is 35.5. The fourth-order valence-corrected chi connectivity index (χ4v) is 5.12. The number of hydrogen-bond donors (Lipinski definition) is 1. The van der Waals surface area contributed by atoms with Crippen LogP contribution in [0, 0.1) is 13.8 Å². The van der Waals surface area contributed by atoms with Crippen molar-refractivity contribution in [2.24, 2.45) is 0 Å². The summed E-state index contributed by atoms with van der Waals surface area (Å²) in [4.78, 5) is 25.1. The Morgan fingerprint density at radius 1 is 0.974 bits per heavy atom. The molecule has 1 heterocycles. The van der Waals surface area contributed by atoms with Crippen molar-refractivity contribution in [1.82, 2.24) is 4.37 Å². The number of carbonyl (C=O) groups is 2. The van der Waals surface area contributed by atoms with Crippen LogP contribution in [0.4, 0.5) is 10.5 Å². The number of ether oxygens (including phenoxy) is 2. The van der Waals surface area contributed by atoms with Crippen LogP contribution in [-0.4, -0.2) is 23.5 Å². The zero-order valence-electron chi connectivity index (χ0n) is 23.0. The molecular formula is C31H33ClN2O4S. The van der Waals surface area contributed by atoms with Crippen LogP contribution in [-0.2, 0) is 20.7 Å². The number of methoxy groups -OCH3 is 1. The molecule has 1 aromatic heterocycles.